The fraction of sp³-hybridized carbons (Fsp3) is 0.364. The highest BCUT2D eigenvalue weighted by molar-refractivity contribution is 9.11. The molecule has 0 amide bonds. The number of hydrogen-bond donors (Lipinski definition) is 0. The minimum Gasteiger partial charge on any atom is -0.247 e. The van der Waals surface area contributed by atoms with Crippen molar-refractivity contribution in [2.75, 3.05) is 0 Å². The fourth-order valence-corrected chi connectivity index (χ4v) is 2.33. The lowest BCUT2D eigenvalue weighted by molar-refractivity contribution is 0.347. The van der Waals surface area contributed by atoms with E-state index in [2.05, 4.69) is 52.0 Å². The van der Waals surface area contributed by atoms with Crippen LogP contribution in [0.4, 0.5) is 0 Å². The van der Waals surface area contributed by atoms with Crippen LogP contribution in [0, 0.1) is 0 Å². The molecule has 0 atom stereocenters. The Morgan fingerprint density at radius 1 is 1.35 bits per heavy atom. The molecule has 0 unspecified atom stereocenters. The first-order valence-electron chi connectivity index (χ1n) is 5.17. The molecule has 2 aromatic heterocycles. The van der Waals surface area contributed by atoms with Crippen molar-refractivity contribution in [1.29, 1.82) is 0 Å². The van der Waals surface area contributed by atoms with Gasteiger partial charge in [0.15, 0.2) is 0 Å². The van der Waals surface area contributed by atoms with Gasteiger partial charge in [0.2, 0.25) is 0 Å². The van der Waals surface area contributed by atoms with Crippen molar-refractivity contribution in [3.05, 3.63) is 26.9 Å². The summed E-state index contributed by atoms with van der Waals surface area (Å²) in [6, 6.07) is 0. The van der Waals surface area contributed by atoms with Gasteiger partial charge in [-0.25, -0.2) is 9.67 Å². The van der Waals surface area contributed by atoms with Gasteiger partial charge >= 0.3 is 0 Å². The monoisotopic (exact) mass is 312 g/mol. The third-order valence-corrected chi connectivity index (χ3v) is 3.53. The van der Waals surface area contributed by atoms with Gasteiger partial charge in [0.05, 0.1) is 21.7 Å². The van der Waals surface area contributed by atoms with Crippen LogP contribution in [-0.2, 0) is 5.54 Å². The second kappa shape index (κ2) is 4.70. The van der Waals surface area contributed by atoms with E-state index in [0.717, 1.165) is 14.5 Å². The Kier molecular flexibility index (Phi) is 3.44. The molecule has 90 valence electrons. The van der Waals surface area contributed by atoms with E-state index >= 15 is 0 Å². The molecule has 0 fully saturated rings. The summed E-state index contributed by atoms with van der Waals surface area (Å²) in [4.78, 5) is 4.22. The summed E-state index contributed by atoms with van der Waals surface area (Å²) >= 11 is 4.96. The first kappa shape index (κ1) is 12.4. The van der Waals surface area contributed by atoms with Gasteiger partial charge in [0, 0.05) is 0 Å². The maximum Gasteiger partial charge on any atom is 0.117 e. The Labute approximate surface area is 113 Å². The molecule has 0 radical (unpaired) electrons. The normalized spacial score (nSPS) is 12.5. The van der Waals surface area contributed by atoms with Gasteiger partial charge in [-0.3, -0.25) is 0 Å². The van der Waals surface area contributed by atoms with Crippen LogP contribution in [0.5, 0.6) is 0 Å². The molecule has 0 spiro atoms. The highest BCUT2D eigenvalue weighted by Gasteiger charge is 2.14. The average molecular weight is 313 g/mol. The third kappa shape index (κ3) is 3.23. The van der Waals surface area contributed by atoms with Crippen LogP contribution in [0.15, 0.2) is 16.2 Å². The number of hydrogen-bond acceptors (Lipinski definition) is 4. The van der Waals surface area contributed by atoms with Gasteiger partial charge in [-0.05, 0) is 48.9 Å². The van der Waals surface area contributed by atoms with Crippen molar-refractivity contribution >= 4 is 39.4 Å². The van der Waals surface area contributed by atoms with Crippen molar-refractivity contribution in [3.8, 4) is 0 Å². The molecule has 6 heteroatoms. The topological polar surface area (TPSA) is 43.6 Å². The number of halogens is 1. The van der Waals surface area contributed by atoms with Crippen molar-refractivity contribution in [2.24, 2.45) is 0 Å². The summed E-state index contributed by atoms with van der Waals surface area (Å²) in [5.41, 5.74) is 0.801. The summed E-state index contributed by atoms with van der Waals surface area (Å²) in [7, 11) is 0. The molecule has 0 aromatic carbocycles. The Morgan fingerprint density at radius 3 is 2.65 bits per heavy atom. The molecule has 0 bridgehead atoms. The largest absolute Gasteiger partial charge is 0.247 e. The lowest BCUT2D eigenvalue weighted by Crippen LogP contribution is -2.22. The molecule has 2 rings (SSSR count). The van der Waals surface area contributed by atoms with E-state index in [1.807, 2.05) is 23.0 Å². The molecule has 0 aliphatic heterocycles. The molecular weight excluding hydrogens is 300 g/mol. The Morgan fingerprint density at radius 2 is 2.12 bits per heavy atom. The first-order chi connectivity index (χ1) is 7.95. The predicted octanol–water partition coefficient (Wildman–Crippen LogP) is 3.42. The van der Waals surface area contributed by atoms with E-state index in [0.29, 0.717) is 0 Å². The molecule has 2 heterocycles. The van der Waals surface area contributed by atoms with Crippen LogP contribution in [0.1, 0.15) is 31.5 Å². The summed E-state index contributed by atoms with van der Waals surface area (Å²) in [5.74, 6) is 0. The predicted molar refractivity (Wildman–Crippen MR) is 73.8 cm³/mol. The van der Waals surface area contributed by atoms with Crippen molar-refractivity contribution in [2.45, 2.75) is 26.3 Å². The van der Waals surface area contributed by atoms with Crippen LogP contribution in [0.25, 0.3) is 12.2 Å². The van der Waals surface area contributed by atoms with Gasteiger partial charge in [0.25, 0.3) is 0 Å². The van der Waals surface area contributed by atoms with Gasteiger partial charge < -0.3 is 0 Å². The summed E-state index contributed by atoms with van der Waals surface area (Å²) in [5, 5.41) is 9.14. The maximum absolute atomic E-state index is 4.22. The van der Waals surface area contributed by atoms with E-state index in [1.54, 1.807) is 17.5 Å². The van der Waals surface area contributed by atoms with E-state index < -0.39 is 0 Å². The number of thiazole rings is 1. The molecule has 0 aliphatic carbocycles. The van der Waals surface area contributed by atoms with Crippen molar-refractivity contribution in [1.82, 2.24) is 20.0 Å². The quantitative estimate of drug-likeness (QED) is 0.853. The van der Waals surface area contributed by atoms with E-state index in [-0.39, 0.29) is 5.54 Å². The summed E-state index contributed by atoms with van der Waals surface area (Å²) < 4.78 is 2.88. The van der Waals surface area contributed by atoms with E-state index in [4.69, 9.17) is 0 Å². The first-order valence-corrected chi connectivity index (χ1v) is 6.78. The van der Waals surface area contributed by atoms with Crippen molar-refractivity contribution in [3.63, 3.8) is 0 Å². The number of aromatic nitrogens is 4. The maximum atomic E-state index is 4.22. The highest BCUT2D eigenvalue weighted by atomic mass is 79.9. The Balaban J connectivity index is 2.14. The standard InChI is InChI=1S/C11H13BrN4S/c1-11(2,3)16-7-8(14-15-16)4-5-10-13-6-9(12)17-10/h4-7H,1-3H3/b5-4+. The lowest BCUT2D eigenvalue weighted by Gasteiger charge is -2.17. The molecule has 0 aliphatic rings. The SMILES string of the molecule is CC(C)(C)n1cc(/C=C/c2ncc(Br)s2)nn1. The smallest absolute Gasteiger partial charge is 0.117 e. The Hall–Kier alpha value is -1.01. The van der Waals surface area contributed by atoms with Gasteiger partial charge in [-0.1, -0.05) is 5.21 Å². The summed E-state index contributed by atoms with van der Waals surface area (Å²) in [6.07, 6.45) is 7.57. The van der Waals surface area contributed by atoms with Crippen LogP contribution in [0.3, 0.4) is 0 Å². The zero-order valence-corrected chi connectivity index (χ0v) is 12.3. The number of nitrogens with zero attached hydrogens (tertiary/aromatic N) is 4. The molecule has 17 heavy (non-hydrogen) atoms. The van der Waals surface area contributed by atoms with Crippen LogP contribution in [0.2, 0.25) is 0 Å². The van der Waals surface area contributed by atoms with Gasteiger partial charge in [-0.2, -0.15) is 0 Å². The minimum atomic E-state index is -0.0384. The summed E-state index contributed by atoms with van der Waals surface area (Å²) in [6.45, 7) is 6.27. The molecule has 0 saturated carbocycles. The van der Waals surface area contributed by atoms with Crippen LogP contribution in [-0.4, -0.2) is 20.0 Å². The third-order valence-electron chi connectivity index (χ3n) is 2.09. The number of rotatable bonds is 2. The van der Waals surface area contributed by atoms with Gasteiger partial charge in [0.1, 0.15) is 10.7 Å². The van der Waals surface area contributed by atoms with Crippen LogP contribution < -0.4 is 0 Å². The Bertz CT molecular complexity index is 536. The molecule has 4 nitrogen and oxygen atoms in total. The lowest BCUT2D eigenvalue weighted by atomic mass is 10.1. The van der Waals surface area contributed by atoms with E-state index in [9.17, 15) is 0 Å². The molecule has 2 aromatic rings. The fourth-order valence-electron chi connectivity index (χ4n) is 1.18. The van der Waals surface area contributed by atoms with Crippen molar-refractivity contribution < 1.29 is 0 Å². The highest BCUT2D eigenvalue weighted by Crippen LogP contribution is 2.20. The molecule has 0 N–H and O–H groups in total. The van der Waals surface area contributed by atoms with E-state index in [1.165, 1.54) is 0 Å². The minimum absolute atomic E-state index is 0.0384. The van der Waals surface area contributed by atoms with Crippen LogP contribution >= 0.6 is 27.3 Å². The second-order valence-corrected chi connectivity index (χ2v) is 7.04. The zero-order valence-electron chi connectivity index (χ0n) is 9.88. The van der Waals surface area contributed by atoms with Gasteiger partial charge in [-0.15, -0.1) is 16.4 Å². The second-order valence-electron chi connectivity index (χ2n) is 4.59. The molecule has 0 saturated heterocycles. The zero-order chi connectivity index (χ0) is 12.5. The average Bonchev–Trinajstić information content (AvgIpc) is 2.82. The molecular formula is C11H13BrN4S.